The monoisotopic (exact) mass is 418 g/mol. The van der Waals surface area contributed by atoms with E-state index in [0.29, 0.717) is 48.5 Å². The maximum absolute atomic E-state index is 12.4. The van der Waals surface area contributed by atoms with Gasteiger partial charge in [-0.15, -0.1) is 0 Å². The number of rotatable bonds is 6. The van der Waals surface area contributed by atoms with Crippen LogP contribution in [0.1, 0.15) is 42.5 Å². The number of hydrogen-bond acceptors (Lipinski definition) is 2. The Morgan fingerprint density at radius 2 is 1.89 bits per heavy atom. The highest BCUT2D eigenvalue weighted by Gasteiger charge is 2.22. The summed E-state index contributed by atoms with van der Waals surface area (Å²) in [5.74, 6) is 0.485. The average molecular weight is 419 g/mol. The number of nitrogens with zero attached hydrogens (tertiary/aromatic N) is 2. The van der Waals surface area contributed by atoms with Crippen LogP contribution in [-0.2, 0) is 17.9 Å². The van der Waals surface area contributed by atoms with Gasteiger partial charge >= 0.3 is 0 Å². The van der Waals surface area contributed by atoms with E-state index in [1.54, 1.807) is 12.1 Å². The number of hydrogen-bond donors (Lipinski definition) is 2. The minimum Gasteiger partial charge on any atom is -0.370 e. The van der Waals surface area contributed by atoms with Gasteiger partial charge in [-0.2, -0.15) is 0 Å². The molecule has 0 fully saturated rings. The van der Waals surface area contributed by atoms with Crippen LogP contribution < -0.4 is 11.1 Å². The molecule has 1 amide bonds. The highest BCUT2D eigenvalue weighted by Crippen LogP contribution is 2.26. The zero-order chi connectivity index (χ0) is 20.1. The van der Waals surface area contributed by atoms with Gasteiger partial charge in [0.1, 0.15) is 0 Å². The van der Waals surface area contributed by atoms with E-state index in [1.165, 1.54) is 11.1 Å². The van der Waals surface area contributed by atoms with Crippen molar-refractivity contribution in [1.82, 2.24) is 10.2 Å². The lowest BCUT2D eigenvalue weighted by Crippen LogP contribution is -2.34. The van der Waals surface area contributed by atoms with Crippen molar-refractivity contribution in [3.8, 4) is 0 Å². The standard InChI is InChI=1S/C21H24Cl2N4O/c1-14(18-9-8-17(22)11-19(18)23)26-21(24)25-10-4-7-20(28)27-12-15-5-2-3-6-16(15)13-27/h2-3,5-6,8-9,11,14H,4,7,10,12-13H2,1H3,(H3,24,25,26). The van der Waals surface area contributed by atoms with E-state index in [9.17, 15) is 4.79 Å². The molecule has 148 valence electrons. The first-order valence-electron chi connectivity index (χ1n) is 9.30. The van der Waals surface area contributed by atoms with E-state index in [4.69, 9.17) is 28.9 Å². The minimum atomic E-state index is -0.0988. The molecule has 0 aromatic heterocycles. The Hall–Kier alpha value is -2.24. The van der Waals surface area contributed by atoms with Crippen molar-refractivity contribution in [2.45, 2.75) is 38.9 Å². The second-order valence-corrected chi connectivity index (χ2v) is 7.76. The van der Waals surface area contributed by atoms with Gasteiger partial charge in [0.05, 0.1) is 6.04 Å². The molecule has 0 aliphatic carbocycles. The normalized spacial score (nSPS) is 14.7. The fourth-order valence-electron chi connectivity index (χ4n) is 3.30. The highest BCUT2D eigenvalue weighted by atomic mass is 35.5. The smallest absolute Gasteiger partial charge is 0.223 e. The van der Waals surface area contributed by atoms with Gasteiger partial charge in [0, 0.05) is 36.1 Å². The summed E-state index contributed by atoms with van der Waals surface area (Å²) in [4.78, 5) is 18.6. The highest BCUT2D eigenvalue weighted by molar-refractivity contribution is 6.35. The molecule has 0 radical (unpaired) electrons. The second kappa shape index (κ2) is 9.30. The van der Waals surface area contributed by atoms with Crippen LogP contribution in [0, 0.1) is 0 Å². The molecule has 5 nitrogen and oxygen atoms in total. The first-order chi connectivity index (χ1) is 13.4. The van der Waals surface area contributed by atoms with E-state index >= 15 is 0 Å². The third kappa shape index (κ3) is 5.18. The quantitative estimate of drug-likeness (QED) is 0.417. The van der Waals surface area contributed by atoms with Crippen molar-refractivity contribution in [3.05, 3.63) is 69.2 Å². The third-order valence-corrected chi connectivity index (χ3v) is 5.38. The molecule has 1 unspecified atom stereocenters. The van der Waals surface area contributed by atoms with Gasteiger partial charge in [-0.25, -0.2) is 0 Å². The number of halogens is 2. The molecule has 28 heavy (non-hydrogen) atoms. The molecule has 0 saturated carbocycles. The lowest BCUT2D eigenvalue weighted by atomic mass is 10.1. The van der Waals surface area contributed by atoms with Gasteiger partial charge in [-0.05, 0) is 42.2 Å². The van der Waals surface area contributed by atoms with Crippen molar-refractivity contribution in [2.75, 3.05) is 6.54 Å². The fraction of sp³-hybridized carbons (Fsp3) is 0.333. The molecule has 1 atom stereocenters. The van der Waals surface area contributed by atoms with Crippen LogP contribution in [0.15, 0.2) is 47.5 Å². The van der Waals surface area contributed by atoms with Crippen molar-refractivity contribution in [2.24, 2.45) is 10.7 Å². The summed E-state index contributed by atoms with van der Waals surface area (Å²) < 4.78 is 0. The predicted octanol–water partition coefficient (Wildman–Crippen LogP) is 4.28. The Labute approximate surface area is 175 Å². The van der Waals surface area contributed by atoms with Gasteiger partial charge in [0.2, 0.25) is 5.91 Å². The van der Waals surface area contributed by atoms with Crippen molar-refractivity contribution < 1.29 is 4.79 Å². The molecule has 1 aliphatic heterocycles. The first-order valence-corrected chi connectivity index (χ1v) is 10.1. The number of benzene rings is 2. The Morgan fingerprint density at radius 1 is 1.21 bits per heavy atom. The lowest BCUT2D eigenvalue weighted by molar-refractivity contribution is -0.131. The van der Waals surface area contributed by atoms with E-state index in [2.05, 4.69) is 22.4 Å². The summed E-state index contributed by atoms with van der Waals surface area (Å²) in [6.45, 7) is 3.83. The van der Waals surface area contributed by atoms with Crippen LogP contribution in [0.3, 0.4) is 0 Å². The molecular formula is C21H24Cl2N4O. The molecule has 0 bridgehead atoms. The lowest BCUT2D eigenvalue weighted by Gasteiger charge is -2.17. The molecule has 0 saturated heterocycles. The number of nitrogens with one attached hydrogen (secondary N) is 1. The largest absolute Gasteiger partial charge is 0.370 e. The Bertz CT molecular complexity index is 859. The molecule has 2 aromatic rings. The summed E-state index contributed by atoms with van der Waals surface area (Å²) in [6, 6.07) is 13.4. The summed E-state index contributed by atoms with van der Waals surface area (Å²) in [7, 11) is 0. The van der Waals surface area contributed by atoms with E-state index in [0.717, 1.165) is 5.56 Å². The molecule has 3 rings (SSSR count). The maximum atomic E-state index is 12.4. The Morgan fingerprint density at radius 3 is 2.54 bits per heavy atom. The molecule has 1 heterocycles. The number of nitrogens with two attached hydrogens (primary N) is 1. The maximum Gasteiger partial charge on any atom is 0.223 e. The molecular weight excluding hydrogens is 395 g/mol. The topological polar surface area (TPSA) is 70.7 Å². The summed E-state index contributed by atoms with van der Waals surface area (Å²) in [6.07, 6.45) is 1.12. The number of aliphatic imine (C=N–C) groups is 1. The molecule has 2 aromatic carbocycles. The zero-order valence-corrected chi connectivity index (χ0v) is 17.3. The molecule has 0 spiro atoms. The van der Waals surface area contributed by atoms with Crippen LogP contribution in [0.5, 0.6) is 0 Å². The van der Waals surface area contributed by atoms with Crippen LogP contribution in [0.2, 0.25) is 10.0 Å². The fourth-order valence-corrected chi connectivity index (χ4v) is 3.87. The minimum absolute atomic E-state index is 0.0988. The van der Waals surface area contributed by atoms with Crippen LogP contribution in [-0.4, -0.2) is 23.3 Å². The Balaban J connectivity index is 1.42. The number of carbonyl (C=O) groups is 1. The van der Waals surface area contributed by atoms with Crippen molar-refractivity contribution in [3.63, 3.8) is 0 Å². The van der Waals surface area contributed by atoms with E-state index in [-0.39, 0.29) is 11.9 Å². The number of fused-ring (bicyclic) bond motifs is 1. The van der Waals surface area contributed by atoms with Gasteiger partial charge in [0.15, 0.2) is 5.96 Å². The molecule has 3 N–H and O–H groups in total. The zero-order valence-electron chi connectivity index (χ0n) is 15.8. The van der Waals surface area contributed by atoms with Crippen molar-refractivity contribution in [1.29, 1.82) is 0 Å². The third-order valence-electron chi connectivity index (χ3n) is 4.82. The molecule has 7 heteroatoms. The summed E-state index contributed by atoms with van der Waals surface area (Å²) >= 11 is 12.1. The second-order valence-electron chi connectivity index (χ2n) is 6.92. The Kier molecular flexibility index (Phi) is 6.81. The van der Waals surface area contributed by atoms with Gasteiger partial charge in [-0.3, -0.25) is 9.79 Å². The average Bonchev–Trinajstić information content (AvgIpc) is 3.09. The molecule has 1 aliphatic rings. The van der Waals surface area contributed by atoms with E-state index < -0.39 is 0 Å². The van der Waals surface area contributed by atoms with Gasteiger partial charge in [-0.1, -0.05) is 53.5 Å². The summed E-state index contributed by atoms with van der Waals surface area (Å²) in [5.41, 5.74) is 9.33. The van der Waals surface area contributed by atoms with Gasteiger partial charge in [0.25, 0.3) is 0 Å². The van der Waals surface area contributed by atoms with E-state index in [1.807, 2.05) is 30.0 Å². The van der Waals surface area contributed by atoms with Crippen molar-refractivity contribution >= 4 is 35.1 Å². The first kappa shape index (κ1) is 20.5. The van der Waals surface area contributed by atoms with Gasteiger partial charge < -0.3 is 16.0 Å². The van der Waals surface area contributed by atoms with Crippen LogP contribution >= 0.6 is 23.2 Å². The summed E-state index contributed by atoms with van der Waals surface area (Å²) in [5, 5.41) is 4.29. The number of carbonyl (C=O) groups excluding carboxylic acids is 1. The van der Waals surface area contributed by atoms with Crippen LogP contribution in [0.4, 0.5) is 0 Å². The van der Waals surface area contributed by atoms with Crippen LogP contribution in [0.25, 0.3) is 0 Å². The number of guanidine groups is 1. The number of amides is 1. The SMILES string of the molecule is CC(NC(N)=NCCCC(=O)N1Cc2ccccc2C1)c1ccc(Cl)cc1Cl. The predicted molar refractivity (Wildman–Crippen MR) is 114 cm³/mol.